The van der Waals surface area contributed by atoms with Crippen molar-refractivity contribution in [3.8, 4) is 0 Å². The molecule has 3 N–H and O–H groups in total. The van der Waals surface area contributed by atoms with Gasteiger partial charge in [0.1, 0.15) is 5.54 Å². The Morgan fingerprint density at radius 3 is 2.45 bits per heavy atom. The topological polar surface area (TPSA) is 85.0 Å². The molecule has 0 aromatic rings. The highest BCUT2D eigenvalue weighted by Gasteiger charge is 2.46. The first kappa shape index (κ1) is 15.7. The van der Waals surface area contributed by atoms with Gasteiger partial charge in [-0.05, 0) is 31.7 Å². The van der Waals surface area contributed by atoms with Crippen LogP contribution < -0.4 is 5.73 Å². The molecule has 20 heavy (non-hydrogen) atoms. The van der Waals surface area contributed by atoms with Gasteiger partial charge in [0.25, 0.3) is 0 Å². The summed E-state index contributed by atoms with van der Waals surface area (Å²) in [6.07, 6.45) is 3.45. The largest absolute Gasteiger partial charge is 0.480 e. The van der Waals surface area contributed by atoms with E-state index in [0.717, 1.165) is 38.9 Å². The Kier molecular flexibility index (Phi) is 5.01. The van der Waals surface area contributed by atoms with Crippen LogP contribution in [0.1, 0.15) is 25.7 Å². The number of nitrogens with zero attached hydrogens (tertiary/aromatic N) is 1. The van der Waals surface area contributed by atoms with Gasteiger partial charge in [0.05, 0.1) is 12.2 Å². The Morgan fingerprint density at radius 2 is 1.95 bits per heavy atom. The molecule has 1 aliphatic carbocycles. The first-order chi connectivity index (χ1) is 9.51. The molecule has 1 heterocycles. The van der Waals surface area contributed by atoms with Crippen molar-refractivity contribution in [3.63, 3.8) is 0 Å². The summed E-state index contributed by atoms with van der Waals surface area (Å²) < 4.78 is 10.8. The highest BCUT2D eigenvalue weighted by atomic mass is 16.5. The number of carboxylic acid groups (broad SMARTS) is 1. The Balaban J connectivity index is 1.85. The minimum Gasteiger partial charge on any atom is -0.480 e. The summed E-state index contributed by atoms with van der Waals surface area (Å²) in [4.78, 5) is 13.6. The Hall–Kier alpha value is -0.690. The Morgan fingerprint density at radius 1 is 1.35 bits per heavy atom. The van der Waals surface area contributed by atoms with Crippen molar-refractivity contribution in [1.29, 1.82) is 0 Å². The maximum atomic E-state index is 11.3. The van der Waals surface area contributed by atoms with Gasteiger partial charge in [0.15, 0.2) is 0 Å². The monoisotopic (exact) mass is 286 g/mol. The fourth-order valence-corrected chi connectivity index (χ4v) is 3.58. The zero-order valence-corrected chi connectivity index (χ0v) is 12.4. The molecule has 1 saturated carbocycles. The number of methoxy groups -OCH3 is 2. The molecular formula is C14H26N2O4. The fraction of sp³-hybridized carbons (Fsp3) is 0.929. The molecule has 2 rings (SSSR count). The van der Waals surface area contributed by atoms with Crippen molar-refractivity contribution < 1.29 is 19.4 Å². The van der Waals surface area contributed by atoms with Crippen molar-refractivity contribution in [3.05, 3.63) is 0 Å². The standard InChI is InChI=1S/C14H26N2O4/c1-19-11-8-16(9-12(11)20-2)7-5-10-4-3-6-14(10,15)13(17)18/h10-12H,3-9,15H2,1-2H3,(H,17,18). The molecular weight excluding hydrogens is 260 g/mol. The normalized spacial score (nSPS) is 38.5. The second-order valence-electron chi connectivity index (χ2n) is 6.03. The van der Waals surface area contributed by atoms with Gasteiger partial charge < -0.3 is 20.3 Å². The fourth-order valence-electron chi connectivity index (χ4n) is 3.58. The van der Waals surface area contributed by atoms with Crippen LogP contribution in [-0.2, 0) is 14.3 Å². The third-order valence-electron chi connectivity index (χ3n) is 4.96. The third kappa shape index (κ3) is 2.98. The van der Waals surface area contributed by atoms with E-state index in [9.17, 15) is 9.90 Å². The first-order valence-electron chi connectivity index (χ1n) is 7.31. The number of hydrogen-bond acceptors (Lipinski definition) is 5. The molecule has 116 valence electrons. The SMILES string of the molecule is COC1CN(CCC2CCCC2(N)C(=O)O)CC1OC. The summed E-state index contributed by atoms with van der Waals surface area (Å²) in [5.74, 6) is -0.784. The quantitative estimate of drug-likeness (QED) is 0.731. The van der Waals surface area contributed by atoms with Gasteiger partial charge in [-0.1, -0.05) is 6.42 Å². The van der Waals surface area contributed by atoms with E-state index in [-0.39, 0.29) is 18.1 Å². The van der Waals surface area contributed by atoms with E-state index in [0.29, 0.717) is 6.42 Å². The lowest BCUT2D eigenvalue weighted by molar-refractivity contribution is -0.144. The van der Waals surface area contributed by atoms with E-state index in [4.69, 9.17) is 15.2 Å². The smallest absolute Gasteiger partial charge is 0.323 e. The van der Waals surface area contributed by atoms with Crippen molar-refractivity contribution in [2.24, 2.45) is 11.7 Å². The maximum absolute atomic E-state index is 11.3. The summed E-state index contributed by atoms with van der Waals surface area (Å²) in [7, 11) is 3.40. The van der Waals surface area contributed by atoms with Crippen LogP contribution in [0.15, 0.2) is 0 Å². The summed E-state index contributed by atoms with van der Waals surface area (Å²) in [6, 6.07) is 0. The zero-order chi connectivity index (χ0) is 14.8. The van der Waals surface area contributed by atoms with E-state index in [1.54, 1.807) is 14.2 Å². The van der Waals surface area contributed by atoms with E-state index in [1.165, 1.54) is 0 Å². The van der Waals surface area contributed by atoms with E-state index in [2.05, 4.69) is 4.90 Å². The van der Waals surface area contributed by atoms with Gasteiger partial charge in [0, 0.05) is 27.3 Å². The van der Waals surface area contributed by atoms with Gasteiger partial charge in [-0.25, -0.2) is 0 Å². The highest BCUT2D eigenvalue weighted by molar-refractivity contribution is 5.79. The van der Waals surface area contributed by atoms with Gasteiger partial charge in [-0.2, -0.15) is 0 Å². The maximum Gasteiger partial charge on any atom is 0.323 e. The molecule has 1 aliphatic heterocycles. The van der Waals surface area contributed by atoms with Crippen molar-refractivity contribution in [2.75, 3.05) is 33.9 Å². The van der Waals surface area contributed by atoms with Crippen LogP contribution in [0.2, 0.25) is 0 Å². The van der Waals surface area contributed by atoms with Crippen LogP contribution in [-0.4, -0.2) is 67.6 Å². The summed E-state index contributed by atoms with van der Waals surface area (Å²) >= 11 is 0. The lowest BCUT2D eigenvalue weighted by atomic mass is 9.85. The Bertz CT molecular complexity index is 340. The zero-order valence-electron chi connectivity index (χ0n) is 12.4. The second kappa shape index (κ2) is 6.39. The predicted octanol–water partition coefficient (Wildman–Crippen LogP) is 0.304. The molecule has 1 saturated heterocycles. The van der Waals surface area contributed by atoms with Gasteiger partial charge in [-0.3, -0.25) is 9.69 Å². The number of nitrogens with two attached hydrogens (primary N) is 1. The van der Waals surface area contributed by atoms with Gasteiger partial charge in [-0.15, -0.1) is 0 Å². The summed E-state index contributed by atoms with van der Waals surface area (Å²) in [6.45, 7) is 2.54. The lowest BCUT2D eigenvalue weighted by Gasteiger charge is -2.28. The average molecular weight is 286 g/mol. The second-order valence-corrected chi connectivity index (χ2v) is 6.03. The molecule has 2 fully saturated rings. The number of ether oxygens (including phenoxy) is 2. The van der Waals surface area contributed by atoms with Crippen molar-refractivity contribution in [1.82, 2.24) is 4.90 Å². The van der Waals surface area contributed by atoms with Crippen LogP contribution in [0.25, 0.3) is 0 Å². The van der Waals surface area contributed by atoms with E-state index >= 15 is 0 Å². The molecule has 4 unspecified atom stereocenters. The molecule has 0 bridgehead atoms. The van der Waals surface area contributed by atoms with Gasteiger partial charge in [0.2, 0.25) is 0 Å². The predicted molar refractivity (Wildman–Crippen MR) is 74.5 cm³/mol. The Labute approximate surface area is 120 Å². The number of carboxylic acids is 1. The lowest BCUT2D eigenvalue weighted by Crippen LogP contribution is -2.51. The molecule has 0 spiro atoms. The minimum absolute atomic E-state index is 0.0718. The third-order valence-corrected chi connectivity index (χ3v) is 4.96. The van der Waals surface area contributed by atoms with Crippen LogP contribution in [0.3, 0.4) is 0 Å². The average Bonchev–Trinajstić information content (AvgIpc) is 3.00. The molecule has 2 aliphatic rings. The van der Waals surface area contributed by atoms with Gasteiger partial charge >= 0.3 is 5.97 Å². The van der Waals surface area contributed by atoms with Crippen LogP contribution in [0.5, 0.6) is 0 Å². The molecule has 0 radical (unpaired) electrons. The highest BCUT2D eigenvalue weighted by Crippen LogP contribution is 2.36. The van der Waals surface area contributed by atoms with E-state index in [1.807, 2.05) is 0 Å². The van der Waals surface area contributed by atoms with Crippen LogP contribution in [0.4, 0.5) is 0 Å². The molecule has 0 aromatic carbocycles. The van der Waals surface area contributed by atoms with Crippen molar-refractivity contribution >= 4 is 5.97 Å². The number of aliphatic carboxylic acids is 1. The number of likely N-dealkylation sites (tertiary alicyclic amines) is 1. The first-order valence-corrected chi connectivity index (χ1v) is 7.31. The summed E-state index contributed by atoms with van der Waals surface area (Å²) in [5.41, 5.74) is 5.04. The van der Waals surface area contributed by atoms with Crippen molar-refractivity contribution in [2.45, 2.75) is 43.4 Å². The summed E-state index contributed by atoms with van der Waals surface area (Å²) in [5, 5.41) is 9.32. The van der Waals surface area contributed by atoms with E-state index < -0.39 is 11.5 Å². The number of carbonyl (C=O) groups is 1. The molecule has 4 atom stereocenters. The molecule has 6 heteroatoms. The van der Waals surface area contributed by atoms with Crippen LogP contribution >= 0.6 is 0 Å². The molecule has 0 aromatic heterocycles. The van der Waals surface area contributed by atoms with Crippen LogP contribution in [0, 0.1) is 5.92 Å². The minimum atomic E-state index is -1.03. The number of rotatable bonds is 6. The number of hydrogen-bond donors (Lipinski definition) is 2. The molecule has 0 amide bonds. The molecule has 6 nitrogen and oxygen atoms in total.